The summed E-state index contributed by atoms with van der Waals surface area (Å²) in [5, 5.41) is 3.44. The van der Waals surface area contributed by atoms with Crippen molar-refractivity contribution in [3.63, 3.8) is 0 Å². The van der Waals surface area contributed by atoms with Crippen LogP contribution in [0.5, 0.6) is 0 Å². The monoisotopic (exact) mass is 283 g/mol. The largest absolute Gasteiger partial charge is 0.311 e. The Balaban J connectivity index is 1.79. The SMILES string of the molecule is O=C(c1ccc(C(F)F)c(F)c1)C1CC2CCC(C1)N2. The van der Waals surface area contributed by atoms with E-state index in [1.165, 1.54) is 6.07 Å². The molecule has 3 rings (SSSR count). The van der Waals surface area contributed by atoms with Gasteiger partial charge in [0.25, 0.3) is 6.43 Å². The van der Waals surface area contributed by atoms with Gasteiger partial charge in [0.05, 0.1) is 5.56 Å². The maximum Gasteiger partial charge on any atom is 0.266 e. The van der Waals surface area contributed by atoms with Gasteiger partial charge in [0.15, 0.2) is 5.78 Å². The van der Waals surface area contributed by atoms with Crippen LogP contribution >= 0.6 is 0 Å². The van der Waals surface area contributed by atoms with Gasteiger partial charge in [-0.1, -0.05) is 6.07 Å². The third-order valence-corrected chi connectivity index (χ3v) is 4.36. The fourth-order valence-electron chi connectivity index (χ4n) is 3.36. The van der Waals surface area contributed by atoms with Crippen LogP contribution in [0.15, 0.2) is 18.2 Å². The summed E-state index contributed by atoms with van der Waals surface area (Å²) in [7, 11) is 0. The summed E-state index contributed by atoms with van der Waals surface area (Å²) >= 11 is 0. The first kappa shape index (κ1) is 13.6. The summed E-state index contributed by atoms with van der Waals surface area (Å²) in [6, 6.07) is 4.02. The molecule has 2 fully saturated rings. The average Bonchev–Trinajstić information content (AvgIpc) is 2.76. The van der Waals surface area contributed by atoms with Crippen LogP contribution in [0.25, 0.3) is 0 Å². The van der Waals surface area contributed by atoms with Crippen LogP contribution in [0.1, 0.15) is 48.0 Å². The van der Waals surface area contributed by atoms with Crippen LogP contribution in [0.3, 0.4) is 0 Å². The first-order chi connectivity index (χ1) is 9.54. The molecule has 0 amide bonds. The van der Waals surface area contributed by atoms with Crippen molar-refractivity contribution in [3.05, 3.63) is 35.1 Å². The fourth-order valence-corrected chi connectivity index (χ4v) is 3.36. The van der Waals surface area contributed by atoms with E-state index in [0.29, 0.717) is 12.1 Å². The molecule has 0 aromatic heterocycles. The molecule has 2 atom stereocenters. The molecular weight excluding hydrogens is 267 g/mol. The van der Waals surface area contributed by atoms with E-state index in [-0.39, 0.29) is 17.3 Å². The third-order valence-electron chi connectivity index (χ3n) is 4.36. The van der Waals surface area contributed by atoms with Crippen molar-refractivity contribution in [2.24, 2.45) is 5.92 Å². The molecule has 2 unspecified atom stereocenters. The molecule has 2 aliphatic rings. The van der Waals surface area contributed by atoms with Crippen molar-refractivity contribution >= 4 is 5.78 Å². The van der Waals surface area contributed by atoms with Crippen molar-refractivity contribution < 1.29 is 18.0 Å². The second-order valence-electron chi connectivity index (χ2n) is 5.71. The number of hydrogen-bond donors (Lipinski definition) is 1. The van der Waals surface area contributed by atoms with Crippen LogP contribution in [0, 0.1) is 11.7 Å². The maximum atomic E-state index is 13.5. The molecule has 2 aliphatic heterocycles. The Kier molecular flexibility index (Phi) is 3.54. The van der Waals surface area contributed by atoms with Crippen molar-refractivity contribution in [3.8, 4) is 0 Å². The van der Waals surface area contributed by atoms with E-state index in [0.717, 1.165) is 37.8 Å². The summed E-state index contributed by atoms with van der Waals surface area (Å²) in [5.41, 5.74) is -0.440. The van der Waals surface area contributed by atoms with Gasteiger partial charge in [-0.2, -0.15) is 0 Å². The zero-order valence-corrected chi connectivity index (χ0v) is 10.9. The lowest BCUT2D eigenvalue weighted by Gasteiger charge is -2.28. The number of Topliss-reactive ketones (excluding diaryl/α,β-unsaturated/α-hetero) is 1. The number of piperidine rings is 1. The zero-order valence-electron chi connectivity index (χ0n) is 10.9. The van der Waals surface area contributed by atoms with Crippen molar-refractivity contribution in [1.29, 1.82) is 0 Å². The number of ketones is 1. The standard InChI is InChI=1S/C15H16F3NO/c16-13-7-8(1-4-12(13)15(17)18)14(20)9-5-10-2-3-11(6-9)19-10/h1,4,7,9-11,15,19H,2-3,5-6H2. The van der Waals surface area contributed by atoms with Crippen LogP contribution in [0.4, 0.5) is 13.2 Å². The Morgan fingerprint density at radius 2 is 1.85 bits per heavy atom. The lowest BCUT2D eigenvalue weighted by molar-refractivity contribution is 0.0874. The number of rotatable bonds is 3. The van der Waals surface area contributed by atoms with Crippen molar-refractivity contribution in [2.45, 2.75) is 44.2 Å². The number of halogens is 3. The molecule has 0 aliphatic carbocycles. The summed E-state index contributed by atoms with van der Waals surface area (Å²) in [6.07, 6.45) is 0.815. The van der Waals surface area contributed by atoms with E-state index in [2.05, 4.69) is 5.32 Å². The Morgan fingerprint density at radius 1 is 1.20 bits per heavy atom. The highest BCUT2D eigenvalue weighted by Gasteiger charge is 2.37. The predicted molar refractivity (Wildman–Crippen MR) is 68.4 cm³/mol. The Bertz CT molecular complexity index is 520. The molecule has 2 heterocycles. The van der Waals surface area contributed by atoms with E-state index in [4.69, 9.17) is 0 Å². The molecule has 0 radical (unpaired) electrons. The molecule has 108 valence electrons. The maximum absolute atomic E-state index is 13.5. The first-order valence-corrected chi connectivity index (χ1v) is 6.92. The third kappa shape index (κ3) is 2.46. The lowest BCUT2D eigenvalue weighted by Crippen LogP contribution is -2.40. The Morgan fingerprint density at radius 3 is 2.40 bits per heavy atom. The number of fused-ring (bicyclic) bond motifs is 2. The highest BCUT2D eigenvalue weighted by molar-refractivity contribution is 5.98. The number of hydrogen-bond acceptors (Lipinski definition) is 2. The van der Waals surface area contributed by atoms with Gasteiger partial charge in [-0.15, -0.1) is 0 Å². The summed E-state index contributed by atoms with van der Waals surface area (Å²) in [4.78, 5) is 12.4. The lowest BCUT2D eigenvalue weighted by atomic mass is 9.85. The van der Waals surface area contributed by atoms with Gasteiger partial charge in [-0.05, 0) is 37.8 Å². The van der Waals surface area contributed by atoms with Gasteiger partial charge in [0, 0.05) is 23.6 Å². The van der Waals surface area contributed by atoms with Gasteiger partial charge in [0.1, 0.15) is 5.82 Å². The predicted octanol–water partition coefficient (Wildman–Crippen LogP) is 3.48. The van der Waals surface area contributed by atoms with E-state index in [1.807, 2.05) is 0 Å². The number of carbonyl (C=O) groups excluding carboxylic acids is 1. The van der Waals surface area contributed by atoms with Gasteiger partial charge in [0.2, 0.25) is 0 Å². The molecule has 1 aromatic carbocycles. The van der Waals surface area contributed by atoms with E-state index in [1.54, 1.807) is 0 Å². The quantitative estimate of drug-likeness (QED) is 0.861. The van der Waals surface area contributed by atoms with Gasteiger partial charge in [-0.25, -0.2) is 13.2 Å². The molecular formula is C15H16F3NO. The first-order valence-electron chi connectivity index (χ1n) is 6.92. The highest BCUT2D eigenvalue weighted by atomic mass is 19.3. The molecule has 2 nitrogen and oxygen atoms in total. The normalized spacial score (nSPS) is 28.9. The van der Waals surface area contributed by atoms with Crippen molar-refractivity contribution in [2.75, 3.05) is 0 Å². The van der Waals surface area contributed by atoms with Gasteiger partial charge in [-0.3, -0.25) is 4.79 Å². The smallest absolute Gasteiger partial charge is 0.266 e. The topological polar surface area (TPSA) is 29.1 Å². The van der Waals surface area contributed by atoms with E-state index < -0.39 is 17.8 Å². The molecule has 2 bridgehead atoms. The minimum atomic E-state index is -2.85. The van der Waals surface area contributed by atoms with Crippen LogP contribution in [0.2, 0.25) is 0 Å². The summed E-state index contributed by atoms with van der Waals surface area (Å²) < 4.78 is 38.5. The van der Waals surface area contributed by atoms with Gasteiger partial charge < -0.3 is 5.32 Å². The van der Waals surface area contributed by atoms with Crippen molar-refractivity contribution in [1.82, 2.24) is 5.32 Å². The molecule has 0 spiro atoms. The molecule has 20 heavy (non-hydrogen) atoms. The minimum absolute atomic E-state index is 0.120. The average molecular weight is 283 g/mol. The molecule has 1 aromatic rings. The minimum Gasteiger partial charge on any atom is -0.311 e. The molecule has 1 N–H and O–H groups in total. The second kappa shape index (κ2) is 5.20. The summed E-state index contributed by atoms with van der Waals surface area (Å²) in [6.45, 7) is 0. The van der Waals surface area contributed by atoms with Crippen LogP contribution < -0.4 is 5.32 Å². The zero-order chi connectivity index (χ0) is 14.3. The Labute approximate surface area is 115 Å². The summed E-state index contributed by atoms with van der Waals surface area (Å²) in [5.74, 6) is -1.24. The Hall–Kier alpha value is -1.36. The molecule has 0 saturated carbocycles. The number of nitrogens with one attached hydrogen (secondary N) is 1. The van der Waals surface area contributed by atoms with Crippen LogP contribution in [-0.2, 0) is 0 Å². The van der Waals surface area contributed by atoms with Crippen LogP contribution in [-0.4, -0.2) is 17.9 Å². The van der Waals surface area contributed by atoms with E-state index >= 15 is 0 Å². The molecule has 2 saturated heterocycles. The second-order valence-corrected chi connectivity index (χ2v) is 5.71. The molecule has 5 heteroatoms. The fraction of sp³-hybridized carbons (Fsp3) is 0.533. The highest BCUT2D eigenvalue weighted by Crippen LogP contribution is 2.33. The van der Waals surface area contributed by atoms with Gasteiger partial charge >= 0.3 is 0 Å². The van der Waals surface area contributed by atoms with E-state index in [9.17, 15) is 18.0 Å². The number of carbonyl (C=O) groups is 1. The number of alkyl halides is 2. The number of benzene rings is 1.